The molecule has 0 saturated carbocycles. The molecule has 0 aromatic heterocycles. The van der Waals surface area contributed by atoms with Crippen molar-refractivity contribution in [3.8, 4) is 5.75 Å². The van der Waals surface area contributed by atoms with Gasteiger partial charge in [-0.15, -0.1) is 0 Å². The maximum Gasteiger partial charge on any atom is 0.123 e. The highest BCUT2D eigenvalue weighted by molar-refractivity contribution is 5.37. The fourth-order valence-corrected chi connectivity index (χ4v) is 2.70. The van der Waals surface area contributed by atoms with Crippen molar-refractivity contribution in [2.24, 2.45) is 11.7 Å². The second-order valence-corrected chi connectivity index (χ2v) is 5.58. The highest BCUT2D eigenvalue weighted by Gasteiger charge is 2.22. The summed E-state index contributed by atoms with van der Waals surface area (Å²) in [5.41, 5.74) is 8.29. The lowest BCUT2D eigenvalue weighted by molar-refractivity contribution is 0.145. The third kappa shape index (κ3) is 4.20. The Kier molecular flexibility index (Phi) is 5.83. The first-order chi connectivity index (χ1) is 9.72. The quantitative estimate of drug-likeness (QED) is 0.773. The highest BCUT2D eigenvalue weighted by atomic mass is 16.5. The van der Waals surface area contributed by atoms with Crippen molar-refractivity contribution in [2.75, 3.05) is 40.0 Å². The molecule has 1 saturated heterocycles. The predicted molar refractivity (Wildman–Crippen MR) is 81.0 cm³/mol. The SMILES string of the molecule is COCCOc1ccc(C)cc1CN1CC[C@@H](CN)C1. The molecule has 1 heterocycles. The normalized spacial score (nSPS) is 19.4. The number of ether oxygens (including phenoxy) is 2. The Balaban J connectivity index is 1.99. The molecule has 2 rings (SSSR count). The van der Waals surface area contributed by atoms with Crippen LogP contribution in [0.1, 0.15) is 17.5 Å². The van der Waals surface area contributed by atoms with Gasteiger partial charge in [0.05, 0.1) is 6.61 Å². The molecule has 1 fully saturated rings. The molecule has 0 bridgehead atoms. The van der Waals surface area contributed by atoms with Crippen LogP contribution in [0.3, 0.4) is 0 Å². The lowest BCUT2D eigenvalue weighted by atomic mass is 10.1. The number of benzene rings is 1. The molecule has 1 atom stereocenters. The second kappa shape index (κ2) is 7.62. The lowest BCUT2D eigenvalue weighted by Crippen LogP contribution is -2.23. The first-order valence-electron chi connectivity index (χ1n) is 7.36. The van der Waals surface area contributed by atoms with Crippen LogP contribution < -0.4 is 10.5 Å². The summed E-state index contributed by atoms with van der Waals surface area (Å²) in [5, 5.41) is 0. The summed E-state index contributed by atoms with van der Waals surface area (Å²) < 4.78 is 10.9. The van der Waals surface area contributed by atoms with Crippen molar-refractivity contribution >= 4 is 0 Å². The molecule has 4 heteroatoms. The largest absolute Gasteiger partial charge is 0.491 e. The molecule has 0 spiro atoms. The van der Waals surface area contributed by atoms with E-state index in [9.17, 15) is 0 Å². The van der Waals surface area contributed by atoms with Crippen molar-refractivity contribution in [2.45, 2.75) is 19.9 Å². The van der Waals surface area contributed by atoms with Gasteiger partial charge in [-0.3, -0.25) is 4.90 Å². The average molecular weight is 278 g/mol. The molecule has 0 aliphatic carbocycles. The summed E-state index contributed by atoms with van der Waals surface area (Å²) in [6, 6.07) is 6.38. The summed E-state index contributed by atoms with van der Waals surface area (Å²) in [5.74, 6) is 1.63. The molecular weight excluding hydrogens is 252 g/mol. The summed E-state index contributed by atoms with van der Waals surface area (Å²) in [7, 11) is 1.69. The monoisotopic (exact) mass is 278 g/mol. The Morgan fingerprint density at radius 2 is 2.20 bits per heavy atom. The maximum atomic E-state index is 5.82. The zero-order valence-corrected chi connectivity index (χ0v) is 12.6. The molecule has 4 nitrogen and oxygen atoms in total. The van der Waals surface area contributed by atoms with E-state index in [1.54, 1.807) is 7.11 Å². The minimum atomic E-state index is 0.595. The van der Waals surface area contributed by atoms with E-state index in [1.807, 2.05) is 0 Å². The maximum absolute atomic E-state index is 5.82. The molecule has 0 amide bonds. The van der Waals surface area contributed by atoms with Gasteiger partial charge in [0, 0.05) is 25.8 Å². The van der Waals surface area contributed by atoms with Crippen LogP contribution >= 0.6 is 0 Å². The van der Waals surface area contributed by atoms with Crippen molar-refractivity contribution in [3.63, 3.8) is 0 Å². The van der Waals surface area contributed by atoms with Gasteiger partial charge in [-0.2, -0.15) is 0 Å². The van der Waals surface area contributed by atoms with Crippen LogP contribution in [-0.4, -0.2) is 44.9 Å². The van der Waals surface area contributed by atoms with Crippen LogP contribution in [0.4, 0.5) is 0 Å². The van der Waals surface area contributed by atoms with E-state index in [0.717, 1.165) is 31.9 Å². The molecule has 0 unspecified atom stereocenters. The molecule has 112 valence electrons. The minimum Gasteiger partial charge on any atom is -0.491 e. The van der Waals surface area contributed by atoms with Gasteiger partial charge in [0.15, 0.2) is 0 Å². The number of hydrogen-bond acceptors (Lipinski definition) is 4. The summed E-state index contributed by atoms with van der Waals surface area (Å²) >= 11 is 0. The summed E-state index contributed by atoms with van der Waals surface area (Å²) in [6.45, 7) is 7.30. The number of methoxy groups -OCH3 is 1. The summed E-state index contributed by atoms with van der Waals surface area (Å²) in [6.07, 6.45) is 1.21. The number of likely N-dealkylation sites (tertiary alicyclic amines) is 1. The third-order valence-electron chi connectivity index (χ3n) is 3.86. The molecule has 1 aliphatic heterocycles. The Labute approximate surface area is 121 Å². The van der Waals surface area contributed by atoms with E-state index in [2.05, 4.69) is 30.0 Å². The van der Waals surface area contributed by atoms with Gasteiger partial charge < -0.3 is 15.2 Å². The standard InChI is InChI=1S/C16H26N2O2/c1-13-3-4-16(20-8-7-19-2)15(9-13)12-18-6-5-14(10-17)11-18/h3-4,9,14H,5-8,10-12,17H2,1-2H3/t14-/m0/s1. The van der Waals surface area contributed by atoms with E-state index in [4.69, 9.17) is 15.2 Å². The van der Waals surface area contributed by atoms with E-state index in [-0.39, 0.29) is 0 Å². The molecule has 20 heavy (non-hydrogen) atoms. The van der Waals surface area contributed by atoms with E-state index < -0.39 is 0 Å². The topological polar surface area (TPSA) is 47.7 Å². The van der Waals surface area contributed by atoms with Crippen LogP contribution in [-0.2, 0) is 11.3 Å². The smallest absolute Gasteiger partial charge is 0.123 e. The Morgan fingerprint density at radius 3 is 2.90 bits per heavy atom. The van der Waals surface area contributed by atoms with Crippen LogP contribution in [0.15, 0.2) is 18.2 Å². The van der Waals surface area contributed by atoms with Gasteiger partial charge in [-0.1, -0.05) is 17.7 Å². The van der Waals surface area contributed by atoms with E-state index in [1.165, 1.54) is 17.5 Å². The Hall–Kier alpha value is -1.10. The minimum absolute atomic E-state index is 0.595. The fraction of sp³-hybridized carbons (Fsp3) is 0.625. The Morgan fingerprint density at radius 1 is 1.35 bits per heavy atom. The van der Waals surface area contributed by atoms with Crippen molar-refractivity contribution in [3.05, 3.63) is 29.3 Å². The lowest BCUT2D eigenvalue weighted by Gasteiger charge is -2.19. The van der Waals surface area contributed by atoms with Gasteiger partial charge in [0.25, 0.3) is 0 Å². The molecular formula is C16H26N2O2. The molecule has 1 aromatic rings. The van der Waals surface area contributed by atoms with Crippen molar-refractivity contribution < 1.29 is 9.47 Å². The molecule has 1 aromatic carbocycles. The van der Waals surface area contributed by atoms with Gasteiger partial charge in [0.2, 0.25) is 0 Å². The first kappa shape index (κ1) is 15.3. The highest BCUT2D eigenvalue weighted by Crippen LogP contribution is 2.25. The van der Waals surface area contributed by atoms with Crippen LogP contribution in [0.25, 0.3) is 0 Å². The number of rotatable bonds is 7. The van der Waals surface area contributed by atoms with Crippen LogP contribution in [0.5, 0.6) is 5.75 Å². The zero-order valence-electron chi connectivity index (χ0n) is 12.6. The number of nitrogens with zero attached hydrogens (tertiary/aromatic N) is 1. The van der Waals surface area contributed by atoms with Crippen molar-refractivity contribution in [1.29, 1.82) is 0 Å². The van der Waals surface area contributed by atoms with E-state index >= 15 is 0 Å². The van der Waals surface area contributed by atoms with Gasteiger partial charge in [-0.25, -0.2) is 0 Å². The predicted octanol–water partition coefficient (Wildman–Crippen LogP) is 1.80. The van der Waals surface area contributed by atoms with Gasteiger partial charge in [-0.05, 0) is 38.4 Å². The summed E-state index contributed by atoms with van der Waals surface area (Å²) in [4.78, 5) is 2.47. The Bertz CT molecular complexity index is 423. The average Bonchev–Trinajstić information content (AvgIpc) is 2.89. The zero-order chi connectivity index (χ0) is 14.4. The molecule has 1 aliphatic rings. The van der Waals surface area contributed by atoms with E-state index in [0.29, 0.717) is 19.1 Å². The van der Waals surface area contributed by atoms with Crippen LogP contribution in [0.2, 0.25) is 0 Å². The van der Waals surface area contributed by atoms with Gasteiger partial charge in [0.1, 0.15) is 12.4 Å². The van der Waals surface area contributed by atoms with Gasteiger partial charge >= 0.3 is 0 Å². The van der Waals surface area contributed by atoms with Crippen molar-refractivity contribution in [1.82, 2.24) is 4.90 Å². The molecule has 2 N–H and O–H groups in total. The number of hydrogen-bond donors (Lipinski definition) is 1. The fourth-order valence-electron chi connectivity index (χ4n) is 2.70. The number of nitrogens with two attached hydrogens (primary N) is 1. The first-order valence-corrected chi connectivity index (χ1v) is 7.36. The molecule has 0 radical (unpaired) electrons. The number of aryl methyl sites for hydroxylation is 1. The second-order valence-electron chi connectivity index (χ2n) is 5.58. The third-order valence-corrected chi connectivity index (χ3v) is 3.86. The van der Waals surface area contributed by atoms with Crippen LogP contribution in [0, 0.1) is 12.8 Å².